The van der Waals surface area contributed by atoms with Crippen molar-refractivity contribution in [3.8, 4) is 0 Å². The van der Waals surface area contributed by atoms with Crippen molar-refractivity contribution >= 4 is 17.3 Å². The summed E-state index contributed by atoms with van der Waals surface area (Å²) in [5.41, 5.74) is 2.94. The van der Waals surface area contributed by atoms with Crippen LogP contribution in [0.2, 0.25) is 0 Å². The van der Waals surface area contributed by atoms with Crippen LogP contribution in [-0.4, -0.2) is 32.2 Å². The summed E-state index contributed by atoms with van der Waals surface area (Å²) < 4.78 is 20.0. The van der Waals surface area contributed by atoms with E-state index in [9.17, 15) is 9.18 Å². The molecular weight excluding hydrogens is 367 g/mol. The van der Waals surface area contributed by atoms with Crippen LogP contribution in [0.3, 0.4) is 0 Å². The van der Waals surface area contributed by atoms with Gasteiger partial charge in [0, 0.05) is 18.8 Å². The van der Waals surface area contributed by atoms with Gasteiger partial charge in [-0.2, -0.15) is 0 Å². The van der Waals surface area contributed by atoms with Gasteiger partial charge in [0.05, 0.1) is 24.3 Å². The third-order valence-electron chi connectivity index (χ3n) is 6.05. The number of benzene rings is 2. The molecule has 4 nitrogen and oxygen atoms in total. The summed E-state index contributed by atoms with van der Waals surface area (Å²) in [7, 11) is 0. The zero-order chi connectivity index (χ0) is 20.6. The van der Waals surface area contributed by atoms with E-state index in [2.05, 4.69) is 50.4 Å². The number of anilines is 2. The van der Waals surface area contributed by atoms with E-state index >= 15 is 0 Å². The minimum atomic E-state index is -0.490. The zero-order valence-corrected chi connectivity index (χ0v) is 17.4. The van der Waals surface area contributed by atoms with Crippen LogP contribution in [0.1, 0.15) is 44.7 Å². The van der Waals surface area contributed by atoms with E-state index in [1.54, 1.807) is 12.1 Å². The standard InChI is InChI=1S/C24H29FN2O2/c1-23(2,3)17-4-6-18(7-5-17)24(10-11-24)22(28)26-19-8-9-21(20(25)16-19)27-12-14-29-15-13-27/h4-9,16H,10-15H2,1-3H3,(H,26,28). The van der Waals surface area contributed by atoms with Gasteiger partial charge in [-0.1, -0.05) is 45.0 Å². The Morgan fingerprint density at radius 3 is 2.28 bits per heavy atom. The Morgan fingerprint density at radius 2 is 1.72 bits per heavy atom. The Morgan fingerprint density at radius 1 is 1.07 bits per heavy atom. The SMILES string of the molecule is CC(C)(C)c1ccc(C2(C(=O)Nc3ccc(N4CCOCC4)c(F)c3)CC2)cc1. The van der Waals surface area contributed by atoms with Crippen LogP contribution < -0.4 is 10.2 Å². The number of ether oxygens (including phenoxy) is 1. The molecule has 0 aromatic heterocycles. The van der Waals surface area contributed by atoms with Gasteiger partial charge in [0.1, 0.15) is 5.82 Å². The fourth-order valence-corrected chi connectivity index (χ4v) is 3.96. The van der Waals surface area contributed by atoms with Crippen molar-refractivity contribution in [2.45, 2.75) is 44.4 Å². The number of hydrogen-bond acceptors (Lipinski definition) is 3. The molecule has 5 heteroatoms. The number of amides is 1. The van der Waals surface area contributed by atoms with Crippen molar-refractivity contribution in [2.24, 2.45) is 0 Å². The lowest BCUT2D eigenvalue weighted by atomic mass is 9.85. The number of carbonyl (C=O) groups is 1. The van der Waals surface area contributed by atoms with E-state index < -0.39 is 5.41 Å². The van der Waals surface area contributed by atoms with Gasteiger partial charge in [0.25, 0.3) is 0 Å². The number of rotatable bonds is 4. The first kappa shape index (κ1) is 19.9. The fourth-order valence-electron chi connectivity index (χ4n) is 3.96. The van der Waals surface area contributed by atoms with Crippen molar-refractivity contribution in [3.63, 3.8) is 0 Å². The highest BCUT2D eigenvalue weighted by Gasteiger charge is 2.51. The normalized spacial score (nSPS) is 18.4. The largest absolute Gasteiger partial charge is 0.378 e. The van der Waals surface area contributed by atoms with Crippen LogP contribution in [-0.2, 0) is 20.4 Å². The predicted octanol–water partition coefficient (Wildman–Crippen LogP) is 4.63. The third-order valence-corrected chi connectivity index (χ3v) is 6.05. The van der Waals surface area contributed by atoms with Gasteiger partial charge in [-0.25, -0.2) is 4.39 Å². The molecule has 2 aliphatic rings. The maximum absolute atomic E-state index is 14.6. The molecule has 1 aliphatic heterocycles. The first-order valence-corrected chi connectivity index (χ1v) is 10.3. The van der Waals surface area contributed by atoms with Crippen LogP contribution in [0, 0.1) is 5.82 Å². The summed E-state index contributed by atoms with van der Waals surface area (Å²) in [6.45, 7) is 9.10. The van der Waals surface area contributed by atoms with E-state index in [-0.39, 0.29) is 17.1 Å². The summed E-state index contributed by atoms with van der Waals surface area (Å²) in [5.74, 6) is -0.372. The van der Waals surface area contributed by atoms with Crippen molar-refractivity contribution in [3.05, 3.63) is 59.4 Å². The Bertz CT molecular complexity index is 892. The first-order chi connectivity index (χ1) is 13.8. The molecule has 1 saturated carbocycles. The number of halogens is 1. The number of nitrogens with zero attached hydrogens (tertiary/aromatic N) is 1. The summed E-state index contributed by atoms with van der Waals surface area (Å²) in [5, 5.41) is 2.94. The van der Waals surface area contributed by atoms with Crippen LogP contribution in [0.5, 0.6) is 0 Å². The molecule has 2 aromatic rings. The Balaban J connectivity index is 1.48. The van der Waals surface area contributed by atoms with Gasteiger partial charge in [0.15, 0.2) is 0 Å². The van der Waals surface area contributed by atoms with Crippen molar-refractivity contribution < 1.29 is 13.9 Å². The second-order valence-corrected chi connectivity index (χ2v) is 9.13. The van der Waals surface area contributed by atoms with E-state index in [4.69, 9.17) is 4.74 Å². The first-order valence-electron chi connectivity index (χ1n) is 10.3. The van der Waals surface area contributed by atoms with Gasteiger partial charge >= 0.3 is 0 Å². The molecule has 0 radical (unpaired) electrons. The minimum absolute atomic E-state index is 0.0560. The highest BCUT2D eigenvalue weighted by Crippen LogP contribution is 2.49. The average molecular weight is 397 g/mol. The summed E-state index contributed by atoms with van der Waals surface area (Å²) >= 11 is 0. The molecule has 0 atom stereocenters. The number of hydrogen-bond donors (Lipinski definition) is 1. The molecule has 2 aromatic carbocycles. The lowest BCUT2D eigenvalue weighted by Gasteiger charge is -2.29. The molecule has 2 fully saturated rings. The molecule has 4 rings (SSSR count). The second-order valence-electron chi connectivity index (χ2n) is 9.13. The van der Waals surface area contributed by atoms with Crippen LogP contribution in [0.15, 0.2) is 42.5 Å². The molecule has 1 N–H and O–H groups in total. The van der Waals surface area contributed by atoms with Crippen LogP contribution in [0.4, 0.5) is 15.8 Å². The van der Waals surface area contributed by atoms with Gasteiger partial charge in [0.2, 0.25) is 5.91 Å². The quantitative estimate of drug-likeness (QED) is 0.819. The maximum atomic E-state index is 14.6. The van der Waals surface area contributed by atoms with Gasteiger partial charge < -0.3 is 15.0 Å². The van der Waals surface area contributed by atoms with Crippen LogP contribution >= 0.6 is 0 Å². The van der Waals surface area contributed by atoms with Crippen molar-refractivity contribution in [1.82, 2.24) is 0 Å². The Labute approximate surface area is 172 Å². The lowest BCUT2D eigenvalue weighted by molar-refractivity contribution is -0.118. The second kappa shape index (κ2) is 7.45. The highest BCUT2D eigenvalue weighted by atomic mass is 19.1. The summed E-state index contributed by atoms with van der Waals surface area (Å²) in [6.07, 6.45) is 1.64. The molecule has 29 heavy (non-hydrogen) atoms. The van der Waals surface area contributed by atoms with E-state index in [1.165, 1.54) is 11.6 Å². The average Bonchev–Trinajstić information content (AvgIpc) is 3.50. The molecular formula is C24H29FN2O2. The Kier molecular flexibility index (Phi) is 5.11. The summed E-state index contributed by atoms with van der Waals surface area (Å²) in [4.78, 5) is 15.0. The van der Waals surface area contributed by atoms with E-state index in [0.717, 1.165) is 18.4 Å². The number of carbonyl (C=O) groups excluding carboxylic acids is 1. The van der Waals surface area contributed by atoms with Crippen molar-refractivity contribution in [2.75, 3.05) is 36.5 Å². The molecule has 1 saturated heterocycles. The molecule has 0 spiro atoms. The van der Waals surface area contributed by atoms with E-state index in [0.29, 0.717) is 37.7 Å². The minimum Gasteiger partial charge on any atom is -0.378 e. The molecule has 1 heterocycles. The van der Waals surface area contributed by atoms with Gasteiger partial charge in [-0.3, -0.25) is 4.79 Å². The smallest absolute Gasteiger partial charge is 0.235 e. The molecule has 1 aliphatic carbocycles. The van der Waals surface area contributed by atoms with Gasteiger partial charge in [-0.15, -0.1) is 0 Å². The highest BCUT2D eigenvalue weighted by molar-refractivity contribution is 6.01. The number of nitrogens with one attached hydrogen (secondary N) is 1. The summed E-state index contributed by atoms with van der Waals surface area (Å²) in [6, 6.07) is 13.3. The third kappa shape index (κ3) is 4.01. The van der Waals surface area contributed by atoms with Gasteiger partial charge in [-0.05, 0) is 47.6 Å². The topological polar surface area (TPSA) is 41.6 Å². The van der Waals surface area contributed by atoms with Crippen LogP contribution in [0.25, 0.3) is 0 Å². The lowest BCUT2D eigenvalue weighted by Crippen LogP contribution is -2.36. The zero-order valence-electron chi connectivity index (χ0n) is 17.4. The molecule has 0 bridgehead atoms. The monoisotopic (exact) mass is 396 g/mol. The number of morpholine rings is 1. The molecule has 1 amide bonds. The molecule has 154 valence electrons. The predicted molar refractivity (Wildman–Crippen MR) is 114 cm³/mol. The Hall–Kier alpha value is -2.40. The van der Waals surface area contributed by atoms with E-state index in [1.807, 2.05) is 4.90 Å². The fraction of sp³-hybridized carbons (Fsp3) is 0.458. The molecule has 0 unspecified atom stereocenters. The maximum Gasteiger partial charge on any atom is 0.235 e. The van der Waals surface area contributed by atoms with Crippen molar-refractivity contribution in [1.29, 1.82) is 0 Å².